The predicted molar refractivity (Wildman–Crippen MR) is 124 cm³/mol. The first kappa shape index (κ1) is 21.2. The molecule has 160 valence electrons. The molecule has 2 heterocycles. The Kier molecular flexibility index (Phi) is 6.07. The summed E-state index contributed by atoms with van der Waals surface area (Å²) in [5.41, 5.74) is 3.47. The molecule has 0 N–H and O–H groups in total. The fourth-order valence-electron chi connectivity index (χ4n) is 4.32. The van der Waals surface area contributed by atoms with E-state index < -0.39 is 5.60 Å². The van der Waals surface area contributed by atoms with Crippen LogP contribution in [-0.4, -0.2) is 53.7 Å². The van der Waals surface area contributed by atoms with E-state index >= 15 is 0 Å². The van der Waals surface area contributed by atoms with Crippen LogP contribution in [0.2, 0.25) is 0 Å². The minimum Gasteiger partial charge on any atom is -0.444 e. The van der Waals surface area contributed by atoms with Crippen molar-refractivity contribution >= 4 is 27.7 Å². The summed E-state index contributed by atoms with van der Waals surface area (Å²) in [5.74, 6) is 0. The summed E-state index contributed by atoms with van der Waals surface area (Å²) in [6.45, 7) is 10.7. The number of hydrogen-bond acceptors (Lipinski definition) is 4. The van der Waals surface area contributed by atoms with E-state index in [1.54, 1.807) is 0 Å². The number of carbonyl (C=O) groups is 1. The van der Waals surface area contributed by atoms with Crippen molar-refractivity contribution < 1.29 is 9.53 Å². The Labute approximate surface area is 187 Å². The maximum Gasteiger partial charge on any atom is 0.410 e. The third-order valence-corrected chi connectivity index (χ3v) is 6.15. The predicted octanol–water partition coefficient (Wildman–Crippen LogP) is 4.89. The van der Waals surface area contributed by atoms with Crippen LogP contribution >= 0.6 is 15.9 Å². The largest absolute Gasteiger partial charge is 0.444 e. The highest BCUT2D eigenvalue weighted by Crippen LogP contribution is 2.31. The smallest absolute Gasteiger partial charge is 0.410 e. The second-order valence-electron chi connectivity index (χ2n) is 9.20. The molecule has 5 nitrogen and oxygen atoms in total. The summed E-state index contributed by atoms with van der Waals surface area (Å²) in [5, 5.41) is 0. The number of hydrogen-bond donors (Lipinski definition) is 0. The molecule has 30 heavy (non-hydrogen) atoms. The van der Waals surface area contributed by atoms with Gasteiger partial charge in [0.25, 0.3) is 0 Å². The molecule has 0 aromatic heterocycles. The summed E-state index contributed by atoms with van der Waals surface area (Å²) in [6, 6.07) is 17.5. The zero-order chi connectivity index (χ0) is 21.3. The summed E-state index contributed by atoms with van der Waals surface area (Å²) in [7, 11) is 0. The van der Waals surface area contributed by atoms with E-state index in [9.17, 15) is 4.79 Å². The second kappa shape index (κ2) is 8.60. The van der Waals surface area contributed by atoms with Crippen molar-refractivity contribution in [1.29, 1.82) is 0 Å². The number of ether oxygens (including phenoxy) is 1. The quantitative estimate of drug-likeness (QED) is 0.624. The lowest BCUT2D eigenvalue weighted by atomic mass is 10.1. The van der Waals surface area contributed by atoms with Crippen molar-refractivity contribution in [2.75, 3.05) is 31.1 Å². The van der Waals surface area contributed by atoms with Crippen molar-refractivity contribution in [3.8, 4) is 0 Å². The lowest BCUT2D eigenvalue weighted by Crippen LogP contribution is -2.58. The molecular formula is C24H30BrN3O2. The third kappa shape index (κ3) is 4.98. The number of carbonyl (C=O) groups excluding carboxylic acids is 1. The van der Waals surface area contributed by atoms with Crippen molar-refractivity contribution in [2.24, 2.45) is 0 Å². The molecule has 1 saturated heterocycles. The highest BCUT2D eigenvalue weighted by molar-refractivity contribution is 9.10. The molecule has 0 saturated carbocycles. The van der Waals surface area contributed by atoms with E-state index in [4.69, 9.17) is 4.74 Å². The molecule has 2 aliphatic heterocycles. The van der Waals surface area contributed by atoms with Crippen LogP contribution in [0.3, 0.4) is 0 Å². The molecule has 0 radical (unpaired) electrons. The van der Waals surface area contributed by atoms with Crippen LogP contribution in [0.4, 0.5) is 10.5 Å². The van der Waals surface area contributed by atoms with Gasteiger partial charge in [-0.3, -0.25) is 4.90 Å². The van der Waals surface area contributed by atoms with E-state index in [-0.39, 0.29) is 12.1 Å². The zero-order valence-electron chi connectivity index (χ0n) is 18.0. The van der Waals surface area contributed by atoms with Gasteiger partial charge in [-0.15, -0.1) is 0 Å². The summed E-state index contributed by atoms with van der Waals surface area (Å²) < 4.78 is 6.74. The Hall–Kier alpha value is -2.05. The van der Waals surface area contributed by atoms with Crippen molar-refractivity contribution in [1.82, 2.24) is 9.80 Å². The van der Waals surface area contributed by atoms with Crippen LogP contribution in [-0.2, 0) is 17.8 Å². The first-order valence-electron chi connectivity index (χ1n) is 10.6. The van der Waals surface area contributed by atoms with E-state index in [0.717, 1.165) is 30.7 Å². The van der Waals surface area contributed by atoms with Gasteiger partial charge in [-0.1, -0.05) is 46.3 Å². The minimum atomic E-state index is -0.474. The van der Waals surface area contributed by atoms with Gasteiger partial charge < -0.3 is 14.5 Å². The summed E-state index contributed by atoms with van der Waals surface area (Å²) in [6.07, 6.45) is -0.209. The molecule has 1 fully saturated rings. The maximum absolute atomic E-state index is 12.7. The van der Waals surface area contributed by atoms with Gasteiger partial charge in [0.1, 0.15) is 5.60 Å². The Morgan fingerprint density at radius 2 is 1.80 bits per heavy atom. The van der Waals surface area contributed by atoms with E-state index in [2.05, 4.69) is 74.3 Å². The van der Waals surface area contributed by atoms with Crippen LogP contribution in [0.1, 0.15) is 31.9 Å². The maximum atomic E-state index is 12.7. The van der Waals surface area contributed by atoms with E-state index in [1.807, 2.05) is 25.7 Å². The van der Waals surface area contributed by atoms with E-state index in [0.29, 0.717) is 13.1 Å². The molecule has 1 amide bonds. The van der Waals surface area contributed by atoms with Crippen LogP contribution in [0.15, 0.2) is 53.0 Å². The number of piperazine rings is 1. The SMILES string of the molecule is CC(C)(C)OC(=O)N1CCN2c3ccccc3CN(Cc3ccc(Br)cc3)CC2C1. The minimum absolute atomic E-state index is 0.209. The lowest BCUT2D eigenvalue weighted by molar-refractivity contribution is 0.0204. The number of halogens is 1. The Balaban J connectivity index is 1.55. The van der Waals surface area contributed by atoms with Gasteiger partial charge in [0, 0.05) is 49.4 Å². The molecule has 0 bridgehead atoms. The standard InChI is InChI=1S/C24H30BrN3O2/c1-24(2,3)30-23(29)27-12-13-28-21(17-27)16-26(14-18-8-10-20(25)11-9-18)15-19-6-4-5-7-22(19)28/h4-11,21H,12-17H2,1-3H3. The van der Waals surface area contributed by atoms with Crippen LogP contribution in [0.25, 0.3) is 0 Å². The van der Waals surface area contributed by atoms with Crippen molar-refractivity contribution in [2.45, 2.75) is 45.5 Å². The van der Waals surface area contributed by atoms with Gasteiger partial charge >= 0.3 is 6.09 Å². The average molecular weight is 472 g/mol. The van der Waals surface area contributed by atoms with Crippen LogP contribution in [0.5, 0.6) is 0 Å². The molecule has 2 aliphatic rings. The lowest BCUT2D eigenvalue weighted by Gasteiger charge is -2.43. The van der Waals surface area contributed by atoms with Crippen molar-refractivity contribution in [3.63, 3.8) is 0 Å². The topological polar surface area (TPSA) is 36.0 Å². The van der Waals surface area contributed by atoms with Gasteiger partial charge in [0.2, 0.25) is 0 Å². The number of para-hydroxylation sites is 1. The van der Waals surface area contributed by atoms with Gasteiger partial charge in [-0.2, -0.15) is 0 Å². The first-order valence-corrected chi connectivity index (χ1v) is 11.4. The van der Waals surface area contributed by atoms with Crippen LogP contribution < -0.4 is 4.90 Å². The number of rotatable bonds is 2. The fourth-order valence-corrected chi connectivity index (χ4v) is 4.58. The summed E-state index contributed by atoms with van der Waals surface area (Å²) in [4.78, 5) is 19.5. The molecule has 2 aromatic carbocycles. The van der Waals surface area contributed by atoms with Gasteiger partial charge in [0.05, 0.1) is 6.04 Å². The van der Waals surface area contributed by atoms with Gasteiger partial charge in [-0.25, -0.2) is 4.79 Å². The second-order valence-corrected chi connectivity index (χ2v) is 10.1. The monoisotopic (exact) mass is 471 g/mol. The number of anilines is 1. The number of fused-ring (bicyclic) bond motifs is 3. The highest BCUT2D eigenvalue weighted by Gasteiger charge is 2.35. The van der Waals surface area contributed by atoms with Gasteiger partial charge in [-0.05, 0) is 50.1 Å². The molecular weight excluding hydrogens is 442 g/mol. The van der Waals surface area contributed by atoms with Crippen LogP contribution in [0, 0.1) is 0 Å². The summed E-state index contributed by atoms with van der Waals surface area (Å²) >= 11 is 3.52. The average Bonchev–Trinajstić information content (AvgIpc) is 2.84. The Bertz CT molecular complexity index is 894. The Morgan fingerprint density at radius 1 is 1.07 bits per heavy atom. The molecule has 0 spiro atoms. The zero-order valence-corrected chi connectivity index (χ0v) is 19.6. The molecule has 0 aliphatic carbocycles. The fraction of sp³-hybridized carbons (Fsp3) is 0.458. The molecule has 1 atom stereocenters. The van der Waals surface area contributed by atoms with Crippen molar-refractivity contribution in [3.05, 3.63) is 64.1 Å². The molecule has 4 rings (SSSR count). The Morgan fingerprint density at radius 3 is 2.53 bits per heavy atom. The van der Waals surface area contributed by atoms with Gasteiger partial charge in [0.15, 0.2) is 0 Å². The molecule has 2 aromatic rings. The highest BCUT2D eigenvalue weighted by atomic mass is 79.9. The normalized spacial score (nSPS) is 19.7. The number of nitrogens with zero attached hydrogens (tertiary/aromatic N) is 3. The third-order valence-electron chi connectivity index (χ3n) is 5.62. The number of benzene rings is 2. The van der Waals surface area contributed by atoms with E-state index in [1.165, 1.54) is 16.8 Å². The molecule has 1 unspecified atom stereocenters. The first-order chi connectivity index (χ1) is 14.3. The molecule has 6 heteroatoms. The number of amides is 1.